The average Bonchev–Trinajstić information content (AvgIpc) is 3.06. The second kappa shape index (κ2) is 7.54. The standard InChI is InChI=1S/C20H17N3O2S2/c1-12-4-3-5-15(8-12)21-19-22-23-20(27-19)26-11-14-10-18(24)25-17-9-13(2)6-7-16(14)17/h3-10H,11H2,1-2H3,(H,21,22). The van der Waals surface area contributed by atoms with E-state index < -0.39 is 0 Å². The molecule has 136 valence electrons. The summed E-state index contributed by atoms with van der Waals surface area (Å²) in [4.78, 5) is 11.9. The fourth-order valence-electron chi connectivity index (χ4n) is 2.76. The fourth-order valence-corrected chi connectivity index (χ4v) is 4.52. The first-order valence-electron chi connectivity index (χ1n) is 8.40. The summed E-state index contributed by atoms with van der Waals surface area (Å²) in [6, 6.07) is 15.6. The van der Waals surface area contributed by atoms with Crippen molar-refractivity contribution < 1.29 is 4.42 Å². The highest BCUT2D eigenvalue weighted by molar-refractivity contribution is 8.00. The maximum absolute atomic E-state index is 11.9. The van der Waals surface area contributed by atoms with Gasteiger partial charge in [0.15, 0.2) is 4.34 Å². The third-order valence-electron chi connectivity index (χ3n) is 4.01. The van der Waals surface area contributed by atoms with E-state index in [9.17, 15) is 4.79 Å². The Bertz CT molecular complexity index is 1170. The summed E-state index contributed by atoms with van der Waals surface area (Å²) < 4.78 is 6.16. The van der Waals surface area contributed by atoms with Crippen LogP contribution in [0.2, 0.25) is 0 Å². The number of benzene rings is 2. The molecule has 0 amide bonds. The molecule has 0 bridgehead atoms. The van der Waals surface area contributed by atoms with Crippen LogP contribution in [-0.2, 0) is 5.75 Å². The molecule has 0 aliphatic rings. The Morgan fingerprint density at radius 2 is 1.93 bits per heavy atom. The number of aromatic nitrogens is 2. The molecule has 0 aliphatic carbocycles. The van der Waals surface area contributed by atoms with Gasteiger partial charge in [0, 0.05) is 22.9 Å². The van der Waals surface area contributed by atoms with E-state index in [4.69, 9.17) is 4.42 Å². The molecule has 7 heteroatoms. The second-order valence-corrected chi connectivity index (χ2v) is 8.45. The lowest BCUT2D eigenvalue weighted by Gasteiger charge is -2.04. The highest BCUT2D eigenvalue weighted by atomic mass is 32.2. The number of hydrogen-bond donors (Lipinski definition) is 1. The van der Waals surface area contributed by atoms with Crippen molar-refractivity contribution in [2.75, 3.05) is 5.32 Å². The summed E-state index contributed by atoms with van der Waals surface area (Å²) in [5.41, 5.74) is 4.47. The fraction of sp³-hybridized carbons (Fsp3) is 0.150. The van der Waals surface area contributed by atoms with Crippen LogP contribution < -0.4 is 10.9 Å². The van der Waals surface area contributed by atoms with Crippen molar-refractivity contribution in [3.05, 3.63) is 75.6 Å². The summed E-state index contributed by atoms with van der Waals surface area (Å²) in [5.74, 6) is 0.629. The van der Waals surface area contributed by atoms with Gasteiger partial charge in [0.2, 0.25) is 5.13 Å². The normalized spacial score (nSPS) is 11.0. The molecule has 0 saturated carbocycles. The van der Waals surface area contributed by atoms with Crippen molar-refractivity contribution in [2.45, 2.75) is 23.9 Å². The van der Waals surface area contributed by atoms with Gasteiger partial charge in [-0.1, -0.05) is 47.4 Å². The Balaban J connectivity index is 1.50. The van der Waals surface area contributed by atoms with E-state index in [2.05, 4.69) is 34.6 Å². The molecule has 0 aliphatic heterocycles. The van der Waals surface area contributed by atoms with Crippen LogP contribution in [0.4, 0.5) is 10.8 Å². The molecule has 0 fully saturated rings. The van der Waals surface area contributed by atoms with Crippen LogP contribution >= 0.6 is 23.1 Å². The zero-order valence-electron chi connectivity index (χ0n) is 14.9. The highest BCUT2D eigenvalue weighted by Crippen LogP contribution is 2.31. The lowest BCUT2D eigenvalue weighted by molar-refractivity contribution is 0.559. The van der Waals surface area contributed by atoms with Crippen molar-refractivity contribution in [1.29, 1.82) is 0 Å². The van der Waals surface area contributed by atoms with Gasteiger partial charge in [-0.3, -0.25) is 0 Å². The molecule has 0 spiro atoms. The maximum Gasteiger partial charge on any atom is 0.336 e. The summed E-state index contributed by atoms with van der Waals surface area (Å²) in [5, 5.41) is 13.4. The number of anilines is 2. The quantitative estimate of drug-likeness (QED) is 0.365. The summed E-state index contributed by atoms with van der Waals surface area (Å²) in [6.07, 6.45) is 0. The monoisotopic (exact) mass is 395 g/mol. The minimum Gasteiger partial charge on any atom is -0.423 e. The number of fused-ring (bicyclic) bond motifs is 1. The van der Waals surface area contributed by atoms with Crippen molar-refractivity contribution >= 4 is 44.9 Å². The Kier molecular flexibility index (Phi) is 4.96. The van der Waals surface area contributed by atoms with Gasteiger partial charge in [-0.05, 0) is 48.7 Å². The molecule has 0 saturated heterocycles. The Hall–Kier alpha value is -2.64. The SMILES string of the molecule is Cc1cccc(Nc2nnc(SCc3cc(=O)oc4cc(C)ccc34)s2)c1. The number of nitrogens with zero attached hydrogens (tertiary/aromatic N) is 2. The molecule has 4 aromatic rings. The smallest absolute Gasteiger partial charge is 0.336 e. The van der Waals surface area contributed by atoms with Gasteiger partial charge in [0.25, 0.3) is 0 Å². The lowest BCUT2D eigenvalue weighted by atomic mass is 10.1. The zero-order valence-corrected chi connectivity index (χ0v) is 16.5. The van der Waals surface area contributed by atoms with Gasteiger partial charge < -0.3 is 9.73 Å². The van der Waals surface area contributed by atoms with E-state index in [1.165, 1.54) is 16.9 Å². The average molecular weight is 396 g/mol. The van der Waals surface area contributed by atoms with Gasteiger partial charge in [-0.15, -0.1) is 10.2 Å². The second-order valence-electron chi connectivity index (χ2n) is 6.25. The number of thioether (sulfide) groups is 1. The van der Waals surface area contributed by atoms with Crippen LogP contribution in [0.5, 0.6) is 0 Å². The van der Waals surface area contributed by atoms with Crippen molar-refractivity contribution in [2.24, 2.45) is 0 Å². The first kappa shape index (κ1) is 17.8. The summed E-state index contributed by atoms with van der Waals surface area (Å²) in [6.45, 7) is 4.03. The lowest BCUT2D eigenvalue weighted by Crippen LogP contribution is -2.00. The molecule has 0 atom stereocenters. The summed E-state index contributed by atoms with van der Waals surface area (Å²) in [7, 11) is 0. The van der Waals surface area contributed by atoms with Crippen LogP contribution in [-0.4, -0.2) is 10.2 Å². The molecule has 27 heavy (non-hydrogen) atoms. The number of aryl methyl sites for hydroxylation is 2. The number of nitrogens with one attached hydrogen (secondary N) is 1. The molecule has 2 aromatic carbocycles. The minimum atomic E-state index is -0.331. The number of rotatable bonds is 5. The van der Waals surface area contributed by atoms with E-state index in [1.54, 1.807) is 17.8 Å². The Morgan fingerprint density at radius 3 is 2.78 bits per heavy atom. The zero-order chi connectivity index (χ0) is 18.8. The van der Waals surface area contributed by atoms with E-state index in [0.29, 0.717) is 11.3 Å². The largest absolute Gasteiger partial charge is 0.423 e. The van der Waals surface area contributed by atoms with E-state index >= 15 is 0 Å². The molecular formula is C20H17N3O2S2. The molecule has 2 aromatic heterocycles. The predicted molar refractivity (Wildman–Crippen MR) is 111 cm³/mol. The van der Waals surface area contributed by atoms with E-state index in [1.807, 2.05) is 37.3 Å². The van der Waals surface area contributed by atoms with E-state index in [-0.39, 0.29) is 5.63 Å². The molecular weight excluding hydrogens is 378 g/mol. The molecule has 4 rings (SSSR count). The minimum absolute atomic E-state index is 0.331. The first-order valence-corrected chi connectivity index (χ1v) is 10.2. The Morgan fingerprint density at radius 1 is 1.07 bits per heavy atom. The predicted octanol–water partition coefficient (Wildman–Crippen LogP) is 5.30. The molecule has 5 nitrogen and oxygen atoms in total. The molecule has 0 radical (unpaired) electrons. The number of hydrogen-bond acceptors (Lipinski definition) is 7. The van der Waals surface area contributed by atoms with Gasteiger partial charge in [-0.25, -0.2) is 4.79 Å². The molecule has 0 unspecified atom stereocenters. The Labute approximate surface area is 164 Å². The van der Waals surface area contributed by atoms with Crippen molar-refractivity contribution in [3.63, 3.8) is 0 Å². The molecule has 2 heterocycles. The third-order valence-corrected chi connectivity index (χ3v) is 6.03. The highest BCUT2D eigenvalue weighted by Gasteiger charge is 2.10. The first-order chi connectivity index (χ1) is 13.1. The van der Waals surface area contributed by atoms with Gasteiger partial charge in [0.05, 0.1) is 0 Å². The van der Waals surface area contributed by atoms with Crippen LogP contribution in [0, 0.1) is 13.8 Å². The summed E-state index contributed by atoms with van der Waals surface area (Å²) >= 11 is 3.05. The van der Waals surface area contributed by atoms with Gasteiger partial charge >= 0.3 is 5.63 Å². The third kappa shape index (κ3) is 4.20. The van der Waals surface area contributed by atoms with Gasteiger partial charge in [0.1, 0.15) is 5.58 Å². The van der Waals surface area contributed by atoms with Crippen LogP contribution in [0.15, 0.2) is 62.1 Å². The molecule has 1 N–H and O–H groups in total. The van der Waals surface area contributed by atoms with Crippen molar-refractivity contribution in [1.82, 2.24) is 10.2 Å². The maximum atomic E-state index is 11.9. The topological polar surface area (TPSA) is 68.0 Å². The van der Waals surface area contributed by atoms with Gasteiger partial charge in [-0.2, -0.15) is 0 Å². The van der Waals surface area contributed by atoms with Crippen LogP contribution in [0.3, 0.4) is 0 Å². The van der Waals surface area contributed by atoms with E-state index in [0.717, 1.165) is 31.7 Å². The van der Waals surface area contributed by atoms with Crippen LogP contribution in [0.1, 0.15) is 16.7 Å². The van der Waals surface area contributed by atoms with Crippen LogP contribution in [0.25, 0.3) is 11.0 Å². The van der Waals surface area contributed by atoms with Crippen molar-refractivity contribution in [3.8, 4) is 0 Å².